The monoisotopic (exact) mass is 318 g/mol. The molecule has 3 aromatic rings. The first-order chi connectivity index (χ1) is 10.1. The summed E-state index contributed by atoms with van der Waals surface area (Å²) in [7, 11) is 0. The molecule has 0 aliphatic heterocycles. The zero-order valence-electron chi connectivity index (χ0n) is 12.5. The maximum absolute atomic E-state index is 6.22. The maximum atomic E-state index is 6.22. The number of hydrogen-bond donors (Lipinski definition) is 1. The summed E-state index contributed by atoms with van der Waals surface area (Å²) in [5.74, 6) is 0.486. The van der Waals surface area contributed by atoms with Gasteiger partial charge in [0, 0.05) is 22.0 Å². The van der Waals surface area contributed by atoms with Crippen LogP contribution >= 0.6 is 22.9 Å². The molecular weight excluding hydrogens is 300 g/mol. The quantitative estimate of drug-likeness (QED) is 0.604. The third kappa shape index (κ3) is 3.36. The number of nitrogens with zero attached hydrogens (tertiary/aromatic N) is 1. The summed E-state index contributed by atoms with van der Waals surface area (Å²) < 4.78 is 1.24. The highest BCUT2D eigenvalue weighted by Crippen LogP contribution is 2.37. The van der Waals surface area contributed by atoms with Crippen molar-refractivity contribution in [3.8, 4) is 11.1 Å². The van der Waals surface area contributed by atoms with Gasteiger partial charge in [-0.3, -0.25) is 0 Å². The standard InChI is InChI=1S/C14H11ClN2S.C3H8/c1-8-7-18-14-9(8)3-2-4-10(14)11-5-13(16)17-6-12(11)15;1-3-2/h2-7H,1H3,(H2,16,17);3H2,1-2H3. The third-order valence-electron chi connectivity index (χ3n) is 2.96. The van der Waals surface area contributed by atoms with Crippen LogP contribution in [0.15, 0.2) is 35.8 Å². The first-order valence-corrected chi connectivity index (χ1v) is 8.22. The van der Waals surface area contributed by atoms with Crippen molar-refractivity contribution in [1.82, 2.24) is 4.98 Å². The van der Waals surface area contributed by atoms with Crippen molar-refractivity contribution in [2.45, 2.75) is 27.2 Å². The smallest absolute Gasteiger partial charge is 0.124 e. The SMILES string of the molecule is CCC.Cc1csc2c(-c3cc(N)ncc3Cl)cccc12. The Bertz CT molecular complexity index is 750. The van der Waals surface area contributed by atoms with Crippen molar-refractivity contribution in [3.05, 3.63) is 46.4 Å². The van der Waals surface area contributed by atoms with Crippen LogP contribution < -0.4 is 5.73 Å². The molecule has 0 atom stereocenters. The number of nitrogens with two attached hydrogens (primary N) is 1. The van der Waals surface area contributed by atoms with E-state index in [0.717, 1.165) is 11.1 Å². The minimum Gasteiger partial charge on any atom is -0.384 e. The van der Waals surface area contributed by atoms with Gasteiger partial charge in [-0.2, -0.15) is 0 Å². The summed E-state index contributed by atoms with van der Waals surface area (Å²) in [4.78, 5) is 4.00. The van der Waals surface area contributed by atoms with E-state index in [4.69, 9.17) is 17.3 Å². The normalized spacial score (nSPS) is 10.3. The highest BCUT2D eigenvalue weighted by molar-refractivity contribution is 7.18. The van der Waals surface area contributed by atoms with Crippen LogP contribution in [0, 0.1) is 6.92 Å². The second kappa shape index (κ2) is 6.92. The second-order valence-corrected chi connectivity index (χ2v) is 6.18. The summed E-state index contributed by atoms with van der Waals surface area (Å²) in [6.45, 7) is 6.37. The van der Waals surface area contributed by atoms with Gasteiger partial charge >= 0.3 is 0 Å². The van der Waals surface area contributed by atoms with Crippen molar-refractivity contribution < 1.29 is 0 Å². The van der Waals surface area contributed by atoms with Crippen LogP contribution in [0.5, 0.6) is 0 Å². The molecule has 0 spiro atoms. The van der Waals surface area contributed by atoms with E-state index >= 15 is 0 Å². The minimum absolute atomic E-state index is 0.486. The molecule has 0 saturated carbocycles. The summed E-state index contributed by atoms with van der Waals surface area (Å²) in [5, 5.41) is 4.05. The molecule has 0 unspecified atom stereocenters. The molecule has 0 amide bonds. The molecule has 2 N–H and O–H groups in total. The Morgan fingerprint density at radius 3 is 2.67 bits per heavy atom. The molecular formula is C17H19ClN2S. The summed E-state index contributed by atoms with van der Waals surface area (Å²) in [6, 6.07) is 8.07. The lowest BCUT2D eigenvalue weighted by atomic mass is 10.0. The average molecular weight is 319 g/mol. The number of halogens is 1. The number of benzene rings is 1. The van der Waals surface area contributed by atoms with Gasteiger partial charge in [0.2, 0.25) is 0 Å². The summed E-state index contributed by atoms with van der Waals surface area (Å²) in [6.07, 6.45) is 2.85. The molecule has 1 aromatic carbocycles. The van der Waals surface area contributed by atoms with E-state index in [2.05, 4.69) is 43.3 Å². The van der Waals surface area contributed by atoms with Crippen LogP contribution in [-0.2, 0) is 0 Å². The van der Waals surface area contributed by atoms with E-state index < -0.39 is 0 Å². The lowest BCUT2D eigenvalue weighted by Gasteiger charge is -2.06. The first-order valence-electron chi connectivity index (χ1n) is 6.96. The lowest BCUT2D eigenvalue weighted by Crippen LogP contribution is -1.91. The van der Waals surface area contributed by atoms with E-state index in [-0.39, 0.29) is 0 Å². The van der Waals surface area contributed by atoms with Gasteiger partial charge in [0.05, 0.1) is 5.02 Å². The number of aromatic nitrogens is 1. The molecule has 0 radical (unpaired) electrons. The van der Waals surface area contributed by atoms with Crippen LogP contribution in [0.2, 0.25) is 5.02 Å². The van der Waals surface area contributed by atoms with E-state index in [0.29, 0.717) is 10.8 Å². The molecule has 3 rings (SSSR count). The van der Waals surface area contributed by atoms with E-state index in [1.165, 1.54) is 22.1 Å². The maximum Gasteiger partial charge on any atom is 0.124 e. The van der Waals surface area contributed by atoms with Gasteiger partial charge in [-0.1, -0.05) is 50.1 Å². The third-order valence-corrected chi connectivity index (χ3v) is 4.41. The average Bonchev–Trinajstić information content (AvgIpc) is 2.84. The molecule has 0 saturated heterocycles. The van der Waals surface area contributed by atoms with Crippen molar-refractivity contribution in [2.24, 2.45) is 0 Å². The van der Waals surface area contributed by atoms with Gasteiger partial charge in [0.25, 0.3) is 0 Å². The number of anilines is 1. The fraction of sp³-hybridized carbons (Fsp3) is 0.235. The Morgan fingerprint density at radius 1 is 1.24 bits per heavy atom. The molecule has 0 fully saturated rings. The number of pyridine rings is 1. The number of fused-ring (bicyclic) bond motifs is 1. The van der Waals surface area contributed by atoms with Crippen LogP contribution in [0.1, 0.15) is 25.8 Å². The van der Waals surface area contributed by atoms with E-state index in [1.807, 2.05) is 12.1 Å². The molecule has 21 heavy (non-hydrogen) atoms. The Balaban J connectivity index is 0.000000497. The lowest BCUT2D eigenvalue weighted by molar-refractivity contribution is 1.09. The molecule has 2 aromatic heterocycles. The highest BCUT2D eigenvalue weighted by Gasteiger charge is 2.10. The minimum atomic E-state index is 0.486. The van der Waals surface area contributed by atoms with Crippen LogP contribution in [-0.4, -0.2) is 4.98 Å². The van der Waals surface area contributed by atoms with Crippen LogP contribution in [0.3, 0.4) is 0 Å². The molecule has 2 nitrogen and oxygen atoms in total. The van der Waals surface area contributed by atoms with Gasteiger partial charge in [-0.15, -0.1) is 11.3 Å². The number of rotatable bonds is 1. The topological polar surface area (TPSA) is 38.9 Å². The Labute approximate surface area is 134 Å². The fourth-order valence-corrected chi connectivity index (χ4v) is 3.35. The second-order valence-electron chi connectivity index (χ2n) is 4.90. The molecule has 0 aliphatic rings. The van der Waals surface area contributed by atoms with Crippen LogP contribution in [0.25, 0.3) is 21.2 Å². The molecule has 0 bridgehead atoms. The van der Waals surface area contributed by atoms with Gasteiger partial charge in [0.1, 0.15) is 5.82 Å². The Hall–Kier alpha value is -1.58. The van der Waals surface area contributed by atoms with Crippen molar-refractivity contribution in [2.75, 3.05) is 5.73 Å². The zero-order chi connectivity index (χ0) is 15.4. The molecule has 4 heteroatoms. The fourth-order valence-electron chi connectivity index (χ4n) is 2.06. The number of nitrogen functional groups attached to an aromatic ring is 1. The first kappa shape index (κ1) is 15.8. The predicted molar refractivity (Wildman–Crippen MR) is 95.2 cm³/mol. The molecule has 0 aliphatic carbocycles. The number of thiophene rings is 1. The largest absolute Gasteiger partial charge is 0.384 e. The van der Waals surface area contributed by atoms with Crippen LogP contribution in [0.4, 0.5) is 5.82 Å². The Morgan fingerprint density at radius 2 is 1.95 bits per heavy atom. The summed E-state index contributed by atoms with van der Waals surface area (Å²) >= 11 is 7.95. The number of hydrogen-bond acceptors (Lipinski definition) is 3. The molecule has 110 valence electrons. The Kier molecular flexibility index (Phi) is 5.21. The van der Waals surface area contributed by atoms with Crippen molar-refractivity contribution in [3.63, 3.8) is 0 Å². The van der Waals surface area contributed by atoms with Crippen molar-refractivity contribution >= 4 is 38.8 Å². The van der Waals surface area contributed by atoms with E-state index in [9.17, 15) is 0 Å². The molecule has 2 heterocycles. The van der Waals surface area contributed by atoms with Gasteiger partial charge in [-0.25, -0.2) is 4.98 Å². The van der Waals surface area contributed by atoms with E-state index in [1.54, 1.807) is 17.5 Å². The van der Waals surface area contributed by atoms with Gasteiger partial charge in [-0.05, 0) is 29.3 Å². The number of aryl methyl sites for hydroxylation is 1. The highest BCUT2D eigenvalue weighted by atomic mass is 35.5. The van der Waals surface area contributed by atoms with Gasteiger partial charge in [0.15, 0.2) is 0 Å². The van der Waals surface area contributed by atoms with Crippen molar-refractivity contribution in [1.29, 1.82) is 0 Å². The summed E-state index contributed by atoms with van der Waals surface area (Å²) in [5.41, 5.74) is 9.09. The predicted octanol–water partition coefficient (Wildman–Crippen LogP) is 5.92. The van der Waals surface area contributed by atoms with Gasteiger partial charge < -0.3 is 5.73 Å². The zero-order valence-corrected chi connectivity index (χ0v) is 14.1.